The van der Waals surface area contributed by atoms with E-state index in [4.69, 9.17) is 4.74 Å². The molecule has 1 N–H and O–H groups in total. The van der Waals surface area contributed by atoms with E-state index in [0.29, 0.717) is 6.04 Å². The van der Waals surface area contributed by atoms with Gasteiger partial charge >= 0.3 is 0 Å². The first-order chi connectivity index (χ1) is 8.83. The number of nitrogens with one attached hydrogen (secondary N) is 1. The van der Waals surface area contributed by atoms with Crippen molar-refractivity contribution in [2.75, 3.05) is 14.2 Å². The van der Waals surface area contributed by atoms with Gasteiger partial charge in [-0.3, -0.25) is 0 Å². The minimum atomic E-state index is -0.0537. The lowest BCUT2D eigenvalue weighted by Gasteiger charge is -2.36. The van der Waals surface area contributed by atoms with Crippen LogP contribution in [0.2, 0.25) is 0 Å². The van der Waals surface area contributed by atoms with Crippen molar-refractivity contribution in [3.05, 3.63) is 35.9 Å². The van der Waals surface area contributed by atoms with Gasteiger partial charge in [-0.1, -0.05) is 44.2 Å². The summed E-state index contributed by atoms with van der Waals surface area (Å²) < 4.78 is 5.52. The van der Waals surface area contributed by atoms with Crippen LogP contribution < -0.4 is 5.32 Å². The van der Waals surface area contributed by atoms with Crippen molar-refractivity contribution in [3.8, 4) is 0 Å². The highest BCUT2D eigenvalue weighted by Gasteiger charge is 2.31. The minimum absolute atomic E-state index is 0.0537. The average Bonchev–Trinajstić information content (AvgIpc) is 2.40. The number of benzene rings is 1. The zero-order valence-corrected chi connectivity index (χ0v) is 13.3. The van der Waals surface area contributed by atoms with E-state index in [0.717, 1.165) is 12.8 Å². The maximum Gasteiger partial charge on any atom is 0.0623 e. The fourth-order valence-electron chi connectivity index (χ4n) is 2.53. The van der Waals surface area contributed by atoms with Gasteiger partial charge < -0.3 is 10.1 Å². The zero-order valence-electron chi connectivity index (χ0n) is 13.3. The molecule has 0 fully saturated rings. The first kappa shape index (κ1) is 16.2. The molecular formula is C17H29NO. The molecule has 0 saturated carbocycles. The number of ether oxygens (including phenoxy) is 1. The third-order valence-corrected chi connectivity index (χ3v) is 4.33. The van der Waals surface area contributed by atoms with Crippen molar-refractivity contribution < 1.29 is 4.74 Å². The molecular weight excluding hydrogens is 234 g/mol. The fourth-order valence-corrected chi connectivity index (χ4v) is 2.53. The highest BCUT2D eigenvalue weighted by atomic mass is 16.5. The second-order valence-corrected chi connectivity index (χ2v) is 6.43. The molecule has 0 spiro atoms. The van der Waals surface area contributed by atoms with E-state index < -0.39 is 0 Å². The Kier molecular flexibility index (Phi) is 5.57. The van der Waals surface area contributed by atoms with Gasteiger partial charge in [-0.15, -0.1) is 0 Å². The van der Waals surface area contributed by atoms with Gasteiger partial charge in [-0.2, -0.15) is 0 Å². The molecule has 0 saturated heterocycles. The predicted molar refractivity (Wildman–Crippen MR) is 82.6 cm³/mol. The molecule has 19 heavy (non-hydrogen) atoms. The predicted octanol–water partition coefficient (Wildman–Crippen LogP) is 3.76. The summed E-state index contributed by atoms with van der Waals surface area (Å²) in [5, 5.41) is 3.48. The van der Waals surface area contributed by atoms with Crippen LogP contribution in [0.1, 0.15) is 46.1 Å². The maximum absolute atomic E-state index is 5.52. The Hall–Kier alpha value is -0.860. The molecule has 0 radical (unpaired) electrons. The van der Waals surface area contributed by atoms with Crippen LogP contribution in [-0.2, 0) is 10.2 Å². The van der Waals surface area contributed by atoms with Crippen LogP contribution in [-0.4, -0.2) is 25.8 Å². The summed E-state index contributed by atoms with van der Waals surface area (Å²) in [6.07, 6.45) is 2.14. The highest BCUT2D eigenvalue weighted by Crippen LogP contribution is 2.31. The Morgan fingerprint density at radius 1 is 1.11 bits per heavy atom. The third-order valence-electron chi connectivity index (χ3n) is 4.33. The lowest BCUT2D eigenvalue weighted by molar-refractivity contribution is 0.0101. The van der Waals surface area contributed by atoms with Crippen molar-refractivity contribution in [2.45, 2.75) is 57.6 Å². The normalized spacial score (nSPS) is 14.4. The van der Waals surface area contributed by atoms with E-state index >= 15 is 0 Å². The quantitative estimate of drug-likeness (QED) is 0.809. The summed E-state index contributed by atoms with van der Waals surface area (Å²) in [7, 11) is 3.84. The van der Waals surface area contributed by atoms with E-state index in [1.807, 2.05) is 0 Å². The number of likely N-dealkylation sites (N-methyl/N-ethyl adjacent to an activating group) is 1. The first-order valence-corrected chi connectivity index (χ1v) is 7.11. The Balaban J connectivity index is 2.79. The number of hydrogen-bond donors (Lipinski definition) is 1. The molecule has 0 heterocycles. The highest BCUT2D eigenvalue weighted by molar-refractivity contribution is 5.25. The van der Waals surface area contributed by atoms with Crippen molar-refractivity contribution in [2.24, 2.45) is 0 Å². The van der Waals surface area contributed by atoms with E-state index in [-0.39, 0.29) is 11.0 Å². The van der Waals surface area contributed by atoms with Crippen LogP contribution in [0.5, 0.6) is 0 Å². The second kappa shape index (κ2) is 6.53. The molecule has 0 aliphatic carbocycles. The molecule has 1 rings (SSSR count). The molecule has 0 bridgehead atoms. The lowest BCUT2D eigenvalue weighted by atomic mass is 9.75. The van der Waals surface area contributed by atoms with Gasteiger partial charge in [0, 0.05) is 18.6 Å². The maximum atomic E-state index is 5.52. The molecule has 0 aliphatic heterocycles. The van der Waals surface area contributed by atoms with Crippen LogP contribution in [0, 0.1) is 0 Å². The summed E-state index contributed by atoms with van der Waals surface area (Å²) in [6.45, 7) is 8.91. The molecule has 2 nitrogen and oxygen atoms in total. The zero-order chi connectivity index (χ0) is 14.5. The Morgan fingerprint density at radius 2 is 1.68 bits per heavy atom. The average molecular weight is 263 g/mol. The third kappa shape index (κ3) is 4.32. The summed E-state index contributed by atoms with van der Waals surface area (Å²) in [6, 6.07) is 11.2. The van der Waals surface area contributed by atoms with E-state index in [1.54, 1.807) is 7.11 Å². The van der Waals surface area contributed by atoms with Crippen LogP contribution >= 0.6 is 0 Å². The van der Waals surface area contributed by atoms with Gasteiger partial charge in [0.1, 0.15) is 0 Å². The molecule has 2 heteroatoms. The molecule has 0 amide bonds. The monoisotopic (exact) mass is 263 g/mol. The van der Waals surface area contributed by atoms with E-state index in [9.17, 15) is 0 Å². The molecule has 1 unspecified atom stereocenters. The van der Waals surface area contributed by atoms with Gasteiger partial charge in [0.05, 0.1) is 5.60 Å². The van der Waals surface area contributed by atoms with Crippen LogP contribution in [0.4, 0.5) is 0 Å². The topological polar surface area (TPSA) is 21.3 Å². The molecule has 0 aliphatic rings. The first-order valence-electron chi connectivity index (χ1n) is 7.11. The summed E-state index contributed by atoms with van der Waals surface area (Å²) in [5.41, 5.74) is 1.44. The summed E-state index contributed by atoms with van der Waals surface area (Å²) in [4.78, 5) is 0. The van der Waals surface area contributed by atoms with Crippen LogP contribution in [0.25, 0.3) is 0 Å². The Bertz CT molecular complexity index is 370. The van der Waals surface area contributed by atoms with Gasteiger partial charge in [0.2, 0.25) is 0 Å². The van der Waals surface area contributed by atoms with E-state index in [1.165, 1.54) is 5.56 Å². The second-order valence-electron chi connectivity index (χ2n) is 6.43. The number of rotatable bonds is 7. The smallest absolute Gasteiger partial charge is 0.0623 e. The molecule has 108 valence electrons. The van der Waals surface area contributed by atoms with Crippen LogP contribution in [0.15, 0.2) is 30.3 Å². The largest absolute Gasteiger partial charge is 0.379 e. The number of hydrogen-bond acceptors (Lipinski definition) is 2. The number of methoxy groups -OCH3 is 1. The summed E-state index contributed by atoms with van der Waals surface area (Å²) in [5.74, 6) is 0. The fraction of sp³-hybridized carbons (Fsp3) is 0.647. The van der Waals surface area contributed by atoms with Crippen molar-refractivity contribution in [1.29, 1.82) is 0 Å². The van der Waals surface area contributed by atoms with Crippen molar-refractivity contribution in [1.82, 2.24) is 5.32 Å². The molecule has 0 aromatic heterocycles. The minimum Gasteiger partial charge on any atom is -0.379 e. The lowest BCUT2D eigenvalue weighted by Crippen LogP contribution is -2.44. The molecule has 1 aromatic rings. The SMILES string of the molecule is CNC(CCC(C)(C)OC)C(C)(C)c1ccccc1. The van der Waals surface area contributed by atoms with Gasteiger partial charge in [-0.25, -0.2) is 0 Å². The standard InChI is InChI=1S/C17H29NO/c1-16(2,19-6)13-12-15(18-5)17(3,4)14-10-8-7-9-11-14/h7-11,15,18H,12-13H2,1-6H3. The van der Waals surface area contributed by atoms with Gasteiger partial charge in [0.15, 0.2) is 0 Å². The van der Waals surface area contributed by atoms with Crippen molar-refractivity contribution in [3.63, 3.8) is 0 Å². The van der Waals surface area contributed by atoms with Gasteiger partial charge in [0.25, 0.3) is 0 Å². The van der Waals surface area contributed by atoms with Gasteiger partial charge in [-0.05, 0) is 39.3 Å². The Labute approximate surface area is 118 Å². The van der Waals surface area contributed by atoms with Crippen LogP contribution in [0.3, 0.4) is 0 Å². The Morgan fingerprint density at radius 3 is 2.16 bits per heavy atom. The van der Waals surface area contributed by atoms with Crippen molar-refractivity contribution >= 4 is 0 Å². The molecule has 1 atom stereocenters. The van der Waals surface area contributed by atoms with E-state index in [2.05, 4.69) is 70.4 Å². The molecule has 1 aromatic carbocycles. The summed E-state index contributed by atoms with van der Waals surface area (Å²) >= 11 is 0.